The molecular formula is C19H21ClN2O3S. The quantitative estimate of drug-likeness (QED) is 0.711. The average molecular weight is 393 g/mol. The van der Waals surface area contributed by atoms with E-state index in [0.717, 1.165) is 24.0 Å². The Balaban J connectivity index is 1.53. The lowest BCUT2D eigenvalue weighted by molar-refractivity contribution is -0.123. The molecule has 1 saturated carbocycles. The summed E-state index contributed by atoms with van der Waals surface area (Å²) in [5.41, 5.74) is 1.44. The third kappa shape index (κ3) is 4.09. The van der Waals surface area contributed by atoms with E-state index in [-0.39, 0.29) is 23.9 Å². The number of aryl methyl sites for hydroxylation is 1. The SMILES string of the molecule is Cc1ccc(S(=O)(=O)NCCNC(=O)C2(c3ccc(Cl)cc3)CC2)cc1. The first kappa shape index (κ1) is 18.9. The molecule has 138 valence electrons. The molecule has 5 nitrogen and oxygen atoms in total. The van der Waals surface area contributed by atoms with Gasteiger partial charge < -0.3 is 5.32 Å². The third-order valence-corrected chi connectivity index (χ3v) is 6.34. The maximum Gasteiger partial charge on any atom is 0.240 e. The van der Waals surface area contributed by atoms with Crippen molar-refractivity contribution in [3.05, 3.63) is 64.7 Å². The monoisotopic (exact) mass is 392 g/mol. The number of benzene rings is 2. The molecule has 1 aliphatic rings. The highest BCUT2D eigenvalue weighted by molar-refractivity contribution is 7.89. The number of nitrogens with one attached hydrogen (secondary N) is 2. The lowest BCUT2D eigenvalue weighted by atomic mass is 9.95. The van der Waals surface area contributed by atoms with Crippen molar-refractivity contribution >= 4 is 27.5 Å². The van der Waals surface area contributed by atoms with E-state index in [1.54, 1.807) is 36.4 Å². The minimum atomic E-state index is -3.57. The van der Waals surface area contributed by atoms with Crippen LogP contribution in [0.2, 0.25) is 5.02 Å². The van der Waals surface area contributed by atoms with Crippen LogP contribution in [0.3, 0.4) is 0 Å². The molecule has 0 radical (unpaired) electrons. The Kier molecular flexibility index (Phi) is 5.37. The summed E-state index contributed by atoms with van der Waals surface area (Å²) in [6, 6.07) is 13.9. The molecule has 0 atom stereocenters. The summed E-state index contributed by atoms with van der Waals surface area (Å²) in [6.45, 7) is 2.27. The Morgan fingerprint density at radius 3 is 2.23 bits per heavy atom. The van der Waals surface area contributed by atoms with Crippen molar-refractivity contribution in [2.75, 3.05) is 13.1 Å². The van der Waals surface area contributed by atoms with E-state index >= 15 is 0 Å². The molecule has 2 aromatic carbocycles. The molecule has 26 heavy (non-hydrogen) atoms. The van der Waals surface area contributed by atoms with Gasteiger partial charge in [0.2, 0.25) is 15.9 Å². The van der Waals surface area contributed by atoms with Crippen LogP contribution in [0.4, 0.5) is 0 Å². The minimum Gasteiger partial charge on any atom is -0.354 e. The molecule has 1 amide bonds. The van der Waals surface area contributed by atoms with Crippen molar-refractivity contribution in [3.63, 3.8) is 0 Å². The summed E-state index contributed by atoms with van der Waals surface area (Å²) in [5.74, 6) is -0.0747. The predicted molar refractivity (Wildman–Crippen MR) is 102 cm³/mol. The van der Waals surface area contributed by atoms with Gasteiger partial charge in [0.1, 0.15) is 0 Å². The van der Waals surface area contributed by atoms with Crippen molar-refractivity contribution in [1.82, 2.24) is 10.0 Å². The largest absolute Gasteiger partial charge is 0.354 e. The standard InChI is InChI=1S/C19H21ClN2O3S/c1-14-2-8-17(9-3-14)26(24,25)22-13-12-21-18(23)19(10-11-19)15-4-6-16(20)7-5-15/h2-9,22H,10-13H2,1H3,(H,21,23). The van der Waals surface area contributed by atoms with Gasteiger partial charge in [-0.25, -0.2) is 13.1 Å². The minimum absolute atomic E-state index is 0.0747. The van der Waals surface area contributed by atoms with Gasteiger partial charge in [-0.05, 0) is 49.6 Å². The Morgan fingerprint density at radius 2 is 1.65 bits per heavy atom. The predicted octanol–water partition coefficient (Wildman–Crippen LogP) is 2.77. The van der Waals surface area contributed by atoms with E-state index in [2.05, 4.69) is 10.0 Å². The van der Waals surface area contributed by atoms with Gasteiger partial charge in [-0.3, -0.25) is 4.79 Å². The Labute approximate surface area is 158 Å². The van der Waals surface area contributed by atoms with E-state index in [9.17, 15) is 13.2 Å². The van der Waals surface area contributed by atoms with Crippen molar-refractivity contribution in [3.8, 4) is 0 Å². The summed E-state index contributed by atoms with van der Waals surface area (Å²) < 4.78 is 26.9. The first-order chi connectivity index (χ1) is 12.3. The first-order valence-electron chi connectivity index (χ1n) is 8.44. The molecule has 0 spiro atoms. The molecular weight excluding hydrogens is 372 g/mol. The van der Waals surface area contributed by atoms with Gasteiger partial charge in [0.15, 0.2) is 0 Å². The molecule has 0 aliphatic heterocycles. The van der Waals surface area contributed by atoms with Gasteiger partial charge in [-0.2, -0.15) is 0 Å². The molecule has 3 rings (SSSR count). The van der Waals surface area contributed by atoms with E-state index in [4.69, 9.17) is 11.6 Å². The van der Waals surface area contributed by atoms with Gasteiger partial charge >= 0.3 is 0 Å². The number of halogens is 1. The van der Waals surface area contributed by atoms with Crippen molar-refractivity contribution in [1.29, 1.82) is 0 Å². The summed E-state index contributed by atoms with van der Waals surface area (Å²) in [7, 11) is -3.57. The van der Waals surface area contributed by atoms with Crippen molar-refractivity contribution in [2.45, 2.75) is 30.1 Å². The Hall–Kier alpha value is -1.89. The zero-order chi connectivity index (χ0) is 18.8. The van der Waals surface area contributed by atoms with Crippen LogP contribution in [0, 0.1) is 6.92 Å². The molecule has 0 saturated heterocycles. The van der Waals surface area contributed by atoms with Crippen LogP contribution in [0.25, 0.3) is 0 Å². The average Bonchev–Trinajstić information content (AvgIpc) is 3.41. The first-order valence-corrected chi connectivity index (χ1v) is 10.3. The van der Waals surface area contributed by atoms with Crippen molar-refractivity contribution in [2.24, 2.45) is 0 Å². The normalized spacial score (nSPS) is 15.5. The number of carbonyl (C=O) groups excluding carboxylic acids is 1. The Bertz CT molecular complexity index is 889. The molecule has 7 heteroatoms. The fraction of sp³-hybridized carbons (Fsp3) is 0.316. The maximum absolute atomic E-state index is 12.5. The maximum atomic E-state index is 12.5. The number of carbonyl (C=O) groups is 1. The van der Waals surface area contributed by atoms with Crippen LogP contribution >= 0.6 is 11.6 Å². The van der Waals surface area contributed by atoms with Crippen molar-refractivity contribution < 1.29 is 13.2 Å². The second-order valence-corrected chi connectivity index (χ2v) is 8.76. The van der Waals surface area contributed by atoms with E-state index in [0.29, 0.717) is 5.02 Å². The van der Waals surface area contributed by atoms with Crippen LogP contribution in [-0.2, 0) is 20.2 Å². The number of hydrogen-bond acceptors (Lipinski definition) is 3. The molecule has 1 aliphatic carbocycles. The second-order valence-electron chi connectivity index (χ2n) is 6.56. The molecule has 1 fully saturated rings. The van der Waals surface area contributed by atoms with Crippen LogP contribution < -0.4 is 10.0 Å². The highest BCUT2D eigenvalue weighted by Gasteiger charge is 2.50. The highest BCUT2D eigenvalue weighted by Crippen LogP contribution is 2.48. The fourth-order valence-electron chi connectivity index (χ4n) is 2.87. The lowest BCUT2D eigenvalue weighted by Crippen LogP contribution is -2.39. The van der Waals surface area contributed by atoms with E-state index in [1.807, 2.05) is 19.1 Å². The molecule has 2 N–H and O–H groups in total. The molecule has 0 heterocycles. The molecule has 0 aromatic heterocycles. The van der Waals surface area contributed by atoms with E-state index in [1.165, 1.54) is 0 Å². The summed E-state index contributed by atoms with van der Waals surface area (Å²) in [5, 5.41) is 3.47. The van der Waals surface area contributed by atoms with Gasteiger partial charge in [0.25, 0.3) is 0 Å². The fourth-order valence-corrected chi connectivity index (χ4v) is 4.03. The number of hydrogen-bond donors (Lipinski definition) is 2. The topological polar surface area (TPSA) is 75.3 Å². The van der Waals surface area contributed by atoms with Gasteiger partial charge in [0.05, 0.1) is 10.3 Å². The van der Waals surface area contributed by atoms with Gasteiger partial charge in [-0.1, -0.05) is 41.4 Å². The summed E-state index contributed by atoms with van der Waals surface area (Å²) in [4.78, 5) is 12.7. The summed E-state index contributed by atoms with van der Waals surface area (Å²) >= 11 is 5.90. The highest BCUT2D eigenvalue weighted by atomic mass is 35.5. The smallest absolute Gasteiger partial charge is 0.240 e. The van der Waals surface area contributed by atoms with Crippen LogP contribution in [0.5, 0.6) is 0 Å². The molecule has 2 aromatic rings. The summed E-state index contributed by atoms with van der Waals surface area (Å²) in [6.07, 6.45) is 1.57. The van der Waals surface area contributed by atoms with E-state index < -0.39 is 15.4 Å². The molecule has 0 bridgehead atoms. The second kappa shape index (κ2) is 7.39. The zero-order valence-electron chi connectivity index (χ0n) is 14.5. The van der Waals surface area contributed by atoms with Crippen LogP contribution in [0.15, 0.2) is 53.4 Å². The van der Waals surface area contributed by atoms with Gasteiger partial charge in [0, 0.05) is 18.1 Å². The number of rotatable bonds is 7. The number of sulfonamides is 1. The third-order valence-electron chi connectivity index (χ3n) is 4.62. The zero-order valence-corrected chi connectivity index (χ0v) is 16.0. The van der Waals surface area contributed by atoms with Crippen LogP contribution in [0.1, 0.15) is 24.0 Å². The number of amides is 1. The molecule has 0 unspecified atom stereocenters. The lowest BCUT2D eigenvalue weighted by Gasteiger charge is -2.16. The van der Waals surface area contributed by atoms with Crippen LogP contribution in [-0.4, -0.2) is 27.4 Å². The Morgan fingerprint density at radius 1 is 1.04 bits per heavy atom. The van der Waals surface area contributed by atoms with Gasteiger partial charge in [-0.15, -0.1) is 0 Å².